The second-order valence-corrected chi connectivity index (χ2v) is 5.41. The number of aryl methyl sites for hydroxylation is 1. The molecule has 2 aromatic rings. The first kappa shape index (κ1) is 14.7. The van der Waals surface area contributed by atoms with Gasteiger partial charge in [-0.3, -0.25) is 4.79 Å². The van der Waals surface area contributed by atoms with Gasteiger partial charge in [-0.25, -0.2) is 0 Å². The molecular formula is C17H16ClNO3. The van der Waals surface area contributed by atoms with E-state index in [0.717, 1.165) is 17.1 Å². The number of nitrogens with one attached hydrogen (secondary N) is 1. The number of halogens is 1. The van der Waals surface area contributed by atoms with Crippen LogP contribution in [0.4, 0.5) is 5.69 Å². The second-order valence-electron chi connectivity index (χ2n) is 5.01. The third-order valence-electron chi connectivity index (χ3n) is 3.40. The zero-order valence-electron chi connectivity index (χ0n) is 12.0. The minimum Gasteiger partial charge on any atom is -0.486 e. The number of carbonyl (C=O) groups excluding carboxylic acids is 1. The zero-order valence-corrected chi connectivity index (χ0v) is 12.7. The summed E-state index contributed by atoms with van der Waals surface area (Å²) >= 11 is 6.02. The van der Waals surface area contributed by atoms with Crippen molar-refractivity contribution in [3.63, 3.8) is 0 Å². The quantitative estimate of drug-likeness (QED) is 0.935. The minimum absolute atomic E-state index is 0.0667. The summed E-state index contributed by atoms with van der Waals surface area (Å²) in [6.07, 6.45) is 1.01. The molecule has 4 nitrogen and oxygen atoms in total. The summed E-state index contributed by atoms with van der Waals surface area (Å²) < 4.78 is 11.0. The number of hydrogen-bond donors (Lipinski definition) is 1. The van der Waals surface area contributed by atoms with E-state index in [4.69, 9.17) is 21.1 Å². The van der Waals surface area contributed by atoms with Gasteiger partial charge in [-0.1, -0.05) is 29.8 Å². The predicted molar refractivity (Wildman–Crippen MR) is 85.8 cm³/mol. The number of rotatable bonds is 4. The molecule has 0 saturated heterocycles. The summed E-state index contributed by atoms with van der Waals surface area (Å²) in [6.45, 7) is 1.13. The molecule has 0 fully saturated rings. The van der Waals surface area contributed by atoms with E-state index < -0.39 is 0 Å². The average Bonchev–Trinajstić information content (AvgIpc) is 2.55. The van der Waals surface area contributed by atoms with Gasteiger partial charge in [-0.15, -0.1) is 0 Å². The summed E-state index contributed by atoms with van der Waals surface area (Å²) in [6, 6.07) is 13.0. The van der Waals surface area contributed by atoms with Gasteiger partial charge in [0.25, 0.3) is 0 Å². The molecule has 22 heavy (non-hydrogen) atoms. The number of anilines is 1. The molecule has 1 heterocycles. The largest absolute Gasteiger partial charge is 0.486 e. The van der Waals surface area contributed by atoms with Crippen molar-refractivity contribution in [1.29, 1.82) is 0 Å². The van der Waals surface area contributed by atoms with Crippen molar-refractivity contribution in [3.05, 3.63) is 53.1 Å². The van der Waals surface area contributed by atoms with Gasteiger partial charge < -0.3 is 14.8 Å². The van der Waals surface area contributed by atoms with Crippen molar-refractivity contribution in [2.45, 2.75) is 12.8 Å². The van der Waals surface area contributed by atoms with Gasteiger partial charge in [0.15, 0.2) is 11.5 Å². The van der Waals surface area contributed by atoms with E-state index in [9.17, 15) is 4.79 Å². The molecule has 3 rings (SSSR count). The lowest BCUT2D eigenvalue weighted by atomic mass is 10.1. The molecule has 2 aromatic carbocycles. The van der Waals surface area contributed by atoms with Crippen LogP contribution in [0.15, 0.2) is 42.5 Å². The number of para-hydroxylation sites is 1. The van der Waals surface area contributed by atoms with Crippen molar-refractivity contribution in [2.75, 3.05) is 18.5 Å². The van der Waals surface area contributed by atoms with Crippen molar-refractivity contribution in [1.82, 2.24) is 0 Å². The Morgan fingerprint density at radius 2 is 1.86 bits per heavy atom. The third kappa shape index (κ3) is 3.52. The number of benzene rings is 2. The molecule has 0 aliphatic carbocycles. The van der Waals surface area contributed by atoms with Crippen LogP contribution in [0, 0.1) is 0 Å². The fourth-order valence-corrected chi connectivity index (χ4v) is 2.46. The summed E-state index contributed by atoms with van der Waals surface area (Å²) in [5.74, 6) is 1.44. The molecule has 1 N–H and O–H groups in total. The molecule has 0 radical (unpaired) electrons. The Morgan fingerprint density at radius 3 is 2.68 bits per heavy atom. The van der Waals surface area contributed by atoms with Gasteiger partial charge in [0.2, 0.25) is 5.91 Å². The van der Waals surface area contributed by atoms with Gasteiger partial charge >= 0.3 is 0 Å². The number of ether oxygens (including phenoxy) is 2. The lowest BCUT2D eigenvalue weighted by Crippen LogP contribution is -2.16. The lowest BCUT2D eigenvalue weighted by Gasteiger charge is -2.18. The minimum atomic E-state index is -0.0667. The van der Waals surface area contributed by atoms with Gasteiger partial charge in [0.05, 0.1) is 10.7 Å². The van der Waals surface area contributed by atoms with Gasteiger partial charge in [-0.05, 0) is 36.2 Å². The highest BCUT2D eigenvalue weighted by Crippen LogP contribution is 2.31. The number of fused-ring (bicyclic) bond motifs is 1. The van der Waals surface area contributed by atoms with Crippen LogP contribution in [0.2, 0.25) is 5.02 Å². The normalized spacial score (nSPS) is 12.8. The Balaban J connectivity index is 1.58. The molecule has 0 aromatic heterocycles. The van der Waals surface area contributed by atoms with Crippen LogP contribution in [0.1, 0.15) is 12.0 Å². The maximum Gasteiger partial charge on any atom is 0.224 e. The Hall–Kier alpha value is -2.20. The van der Waals surface area contributed by atoms with Gasteiger partial charge in [0, 0.05) is 6.42 Å². The van der Waals surface area contributed by atoms with Crippen molar-refractivity contribution in [3.8, 4) is 11.5 Å². The molecule has 1 aliphatic rings. The highest BCUT2D eigenvalue weighted by Gasteiger charge is 2.12. The van der Waals surface area contributed by atoms with Crippen LogP contribution in [0.5, 0.6) is 11.5 Å². The van der Waals surface area contributed by atoms with E-state index in [2.05, 4.69) is 5.32 Å². The average molecular weight is 318 g/mol. The molecule has 1 amide bonds. The number of amides is 1. The van der Waals surface area contributed by atoms with E-state index in [1.165, 1.54) is 0 Å². The number of hydrogen-bond acceptors (Lipinski definition) is 3. The molecule has 1 aliphatic heterocycles. The third-order valence-corrected chi connectivity index (χ3v) is 3.72. The molecule has 114 valence electrons. The molecule has 0 atom stereocenters. The maximum absolute atomic E-state index is 12.0. The molecular weight excluding hydrogens is 302 g/mol. The second kappa shape index (κ2) is 6.71. The molecule has 0 unspecified atom stereocenters. The fraction of sp³-hybridized carbons (Fsp3) is 0.235. The molecule has 0 saturated carbocycles. The standard InChI is InChI=1S/C17H16ClNO3/c18-13-3-1-2-4-14(13)19-17(20)8-6-12-5-7-15-16(11-12)22-10-9-21-15/h1-5,7,11H,6,8-10H2,(H,19,20). The molecule has 5 heteroatoms. The van der Waals surface area contributed by atoms with E-state index in [1.807, 2.05) is 30.3 Å². The Kier molecular flexibility index (Phi) is 4.49. The van der Waals surface area contributed by atoms with Crippen LogP contribution >= 0.6 is 11.6 Å². The summed E-state index contributed by atoms with van der Waals surface area (Å²) in [5.41, 5.74) is 1.68. The SMILES string of the molecule is O=C(CCc1ccc2c(c1)OCCO2)Nc1ccccc1Cl. The Labute approximate surface area is 134 Å². The van der Waals surface area contributed by atoms with Crippen LogP contribution in [-0.4, -0.2) is 19.1 Å². The van der Waals surface area contributed by atoms with E-state index in [0.29, 0.717) is 36.8 Å². The summed E-state index contributed by atoms with van der Waals surface area (Å²) in [4.78, 5) is 12.0. The zero-order chi connectivity index (χ0) is 15.4. The van der Waals surface area contributed by atoms with Crippen molar-refractivity contribution in [2.24, 2.45) is 0 Å². The van der Waals surface area contributed by atoms with Crippen molar-refractivity contribution < 1.29 is 14.3 Å². The Bertz CT molecular complexity index is 687. The van der Waals surface area contributed by atoms with Crippen LogP contribution in [0.25, 0.3) is 0 Å². The topological polar surface area (TPSA) is 47.6 Å². The smallest absolute Gasteiger partial charge is 0.224 e. The number of carbonyl (C=O) groups is 1. The first-order chi connectivity index (χ1) is 10.7. The predicted octanol–water partition coefficient (Wildman–Crippen LogP) is 3.68. The van der Waals surface area contributed by atoms with Crippen LogP contribution in [0.3, 0.4) is 0 Å². The highest BCUT2D eigenvalue weighted by atomic mass is 35.5. The summed E-state index contributed by atoms with van der Waals surface area (Å²) in [5, 5.41) is 3.35. The van der Waals surface area contributed by atoms with Crippen LogP contribution in [-0.2, 0) is 11.2 Å². The van der Waals surface area contributed by atoms with Crippen molar-refractivity contribution >= 4 is 23.2 Å². The maximum atomic E-state index is 12.0. The van der Waals surface area contributed by atoms with Gasteiger partial charge in [-0.2, -0.15) is 0 Å². The lowest BCUT2D eigenvalue weighted by molar-refractivity contribution is -0.116. The van der Waals surface area contributed by atoms with Crippen LogP contribution < -0.4 is 14.8 Å². The first-order valence-corrected chi connectivity index (χ1v) is 7.53. The van der Waals surface area contributed by atoms with Gasteiger partial charge in [0.1, 0.15) is 13.2 Å². The monoisotopic (exact) mass is 317 g/mol. The Morgan fingerprint density at radius 1 is 1.09 bits per heavy atom. The fourth-order valence-electron chi connectivity index (χ4n) is 2.28. The summed E-state index contributed by atoms with van der Waals surface area (Å²) in [7, 11) is 0. The molecule has 0 spiro atoms. The van der Waals surface area contributed by atoms with E-state index >= 15 is 0 Å². The van der Waals surface area contributed by atoms with E-state index in [-0.39, 0.29) is 5.91 Å². The highest BCUT2D eigenvalue weighted by molar-refractivity contribution is 6.33. The first-order valence-electron chi connectivity index (χ1n) is 7.15. The van der Waals surface area contributed by atoms with E-state index in [1.54, 1.807) is 12.1 Å². The molecule has 0 bridgehead atoms.